The lowest BCUT2D eigenvalue weighted by molar-refractivity contribution is -0.137. The van der Waals surface area contributed by atoms with Gasteiger partial charge in [0, 0.05) is 6.54 Å². The van der Waals surface area contributed by atoms with Gasteiger partial charge in [-0.05, 0) is 37.0 Å². The van der Waals surface area contributed by atoms with E-state index in [4.69, 9.17) is 5.73 Å². The van der Waals surface area contributed by atoms with Crippen molar-refractivity contribution >= 4 is 5.91 Å². The molecule has 0 spiro atoms. The van der Waals surface area contributed by atoms with E-state index >= 15 is 0 Å². The average molecular weight is 353 g/mol. The van der Waals surface area contributed by atoms with Gasteiger partial charge in [-0.25, -0.2) is 4.68 Å². The molecule has 1 aromatic heterocycles. The van der Waals surface area contributed by atoms with Gasteiger partial charge in [0.15, 0.2) is 0 Å². The van der Waals surface area contributed by atoms with Crippen molar-refractivity contribution in [2.24, 2.45) is 5.73 Å². The van der Waals surface area contributed by atoms with Crippen molar-refractivity contribution in [2.75, 3.05) is 0 Å². The second-order valence-corrected chi connectivity index (χ2v) is 6.17. The van der Waals surface area contributed by atoms with E-state index in [0.29, 0.717) is 24.1 Å². The number of carbonyl (C=O) groups excluding carboxylic acids is 1. The highest BCUT2D eigenvalue weighted by Crippen LogP contribution is 2.42. The van der Waals surface area contributed by atoms with Crippen LogP contribution in [0, 0.1) is 0 Å². The molecular formula is C16H18F3N5O. The molecular weight excluding hydrogens is 335 g/mol. The van der Waals surface area contributed by atoms with Crippen molar-refractivity contribution in [3.63, 3.8) is 0 Å². The summed E-state index contributed by atoms with van der Waals surface area (Å²) < 4.78 is 40.2. The first kappa shape index (κ1) is 17.4. The van der Waals surface area contributed by atoms with Crippen LogP contribution in [0.1, 0.15) is 36.1 Å². The molecule has 1 amide bonds. The molecule has 6 nitrogen and oxygen atoms in total. The number of nitrogens with one attached hydrogen (secondary N) is 1. The molecule has 3 N–H and O–H groups in total. The number of nitrogens with two attached hydrogens (primary N) is 1. The second-order valence-electron chi connectivity index (χ2n) is 6.17. The van der Waals surface area contributed by atoms with E-state index in [9.17, 15) is 18.0 Å². The summed E-state index contributed by atoms with van der Waals surface area (Å²) in [6.07, 6.45) is -0.796. The molecule has 1 saturated carbocycles. The van der Waals surface area contributed by atoms with E-state index < -0.39 is 17.3 Å². The molecule has 0 radical (unpaired) electrons. The lowest BCUT2D eigenvalue weighted by Gasteiger charge is -2.43. The Morgan fingerprint density at radius 1 is 1.36 bits per heavy atom. The highest BCUT2D eigenvalue weighted by atomic mass is 19.4. The van der Waals surface area contributed by atoms with E-state index in [1.165, 1.54) is 10.7 Å². The summed E-state index contributed by atoms with van der Waals surface area (Å²) in [6.45, 7) is 0.156. The second kappa shape index (κ2) is 6.47. The Kier molecular flexibility index (Phi) is 4.51. The number of carbonyl (C=O) groups is 1. The zero-order chi connectivity index (χ0) is 18.1. The lowest BCUT2D eigenvalue weighted by atomic mass is 9.71. The van der Waals surface area contributed by atoms with Gasteiger partial charge in [0.2, 0.25) is 5.91 Å². The Balaban J connectivity index is 1.76. The van der Waals surface area contributed by atoms with Gasteiger partial charge in [-0.15, -0.1) is 5.10 Å². The zero-order valence-corrected chi connectivity index (χ0v) is 13.4. The van der Waals surface area contributed by atoms with Gasteiger partial charge in [-0.2, -0.15) is 13.2 Å². The third-order valence-corrected chi connectivity index (χ3v) is 4.43. The maximum absolute atomic E-state index is 12.9. The molecule has 2 aromatic rings. The van der Waals surface area contributed by atoms with Crippen LogP contribution in [0.3, 0.4) is 0 Å². The zero-order valence-electron chi connectivity index (χ0n) is 13.4. The quantitative estimate of drug-likeness (QED) is 0.860. The minimum Gasteiger partial charge on any atom is -0.345 e. The smallest absolute Gasteiger partial charge is 0.345 e. The third kappa shape index (κ3) is 3.65. The van der Waals surface area contributed by atoms with Crippen molar-refractivity contribution in [1.29, 1.82) is 0 Å². The van der Waals surface area contributed by atoms with Gasteiger partial charge >= 0.3 is 6.18 Å². The fourth-order valence-electron chi connectivity index (χ4n) is 2.97. The number of benzene rings is 1. The first-order valence-electron chi connectivity index (χ1n) is 7.90. The molecule has 1 aromatic carbocycles. The third-order valence-electron chi connectivity index (χ3n) is 4.43. The van der Waals surface area contributed by atoms with Gasteiger partial charge in [0.05, 0.1) is 23.0 Å². The Morgan fingerprint density at radius 2 is 2.12 bits per heavy atom. The molecule has 1 fully saturated rings. The van der Waals surface area contributed by atoms with Crippen LogP contribution >= 0.6 is 0 Å². The molecule has 3 rings (SSSR count). The van der Waals surface area contributed by atoms with E-state index in [-0.39, 0.29) is 19.0 Å². The molecule has 0 atom stereocenters. The Bertz CT molecular complexity index is 767. The summed E-state index contributed by atoms with van der Waals surface area (Å²) in [5, 5.41) is 10.5. The van der Waals surface area contributed by atoms with Gasteiger partial charge in [-0.3, -0.25) is 4.79 Å². The largest absolute Gasteiger partial charge is 0.416 e. The number of aromatic nitrogens is 3. The van der Waals surface area contributed by atoms with E-state index in [1.54, 1.807) is 12.3 Å². The van der Waals surface area contributed by atoms with Gasteiger partial charge in [-0.1, -0.05) is 17.3 Å². The van der Waals surface area contributed by atoms with Crippen molar-refractivity contribution in [3.05, 3.63) is 47.3 Å². The van der Waals surface area contributed by atoms with Crippen LogP contribution in [0.25, 0.3) is 0 Å². The molecule has 25 heavy (non-hydrogen) atoms. The predicted octanol–water partition coefficient (Wildman–Crippen LogP) is 1.95. The predicted molar refractivity (Wildman–Crippen MR) is 83.0 cm³/mol. The normalized spacial score (nSPS) is 16.3. The van der Waals surface area contributed by atoms with Gasteiger partial charge < -0.3 is 11.1 Å². The maximum Gasteiger partial charge on any atom is 0.416 e. The monoisotopic (exact) mass is 353 g/mol. The van der Waals surface area contributed by atoms with E-state index in [1.807, 2.05) is 0 Å². The van der Waals surface area contributed by atoms with Crippen molar-refractivity contribution in [3.8, 4) is 0 Å². The minimum absolute atomic E-state index is 0.0618. The van der Waals surface area contributed by atoms with Crippen molar-refractivity contribution in [1.82, 2.24) is 20.3 Å². The Hall–Kier alpha value is -2.42. The Labute approximate surface area is 142 Å². The number of amides is 1. The number of alkyl halides is 3. The highest BCUT2D eigenvalue weighted by Gasteiger charge is 2.41. The lowest BCUT2D eigenvalue weighted by Crippen LogP contribution is -2.51. The SMILES string of the molecule is NCc1cn(CC(=O)NC2(c3cccc(C(F)(F)F)c3)CCC2)nn1. The number of nitrogens with zero attached hydrogens (tertiary/aromatic N) is 3. The molecule has 134 valence electrons. The molecule has 1 aliphatic carbocycles. The number of rotatable bonds is 5. The van der Waals surface area contributed by atoms with Gasteiger partial charge in [0.25, 0.3) is 0 Å². The van der Waals surface area contributed by atoms with Crippen LogP contribution in [0.5, 0.6) is 0 Å². The topological polar surface area (TPSA) is 85.8 Å². The molecule has 0 unspecified atom stereocenters. The highest BCUT2D eigenvalue weighted by molar-refractivity contribution is 5.77. The van der Waals surface area contributed by atoms with Crippen LogP contribution in [-0.4, -0.2) is 20.9 Å². The van der Waals surface area contributed by atoms with E-state index in [0.717, 1.165) is 18.6 Å². The first-order valence-corrected chi connectivity index (χ1v) is 7.90. The first-order chi connectivity index (χ1) is 11.8. The molecule has 0 aliphatic heterocycles. The summed E-state index contributed by atoms with van der Waals surface area (Å²) in [5.41, 5.74) is 5.01. The van der Waals surface area contributed by atoms with E-state index in [2.05, 4.69) is 15.6 Å². The van der Waals surface area contributed by atoms with Crippen LogP contribution in [0.15, 0.2) is 30.5 Å². The summed E-state index contributed by atoms with van der Waals surface area (Å²) in [6, 6.07) is 5.13. The fraction of sp³-hybridized carbons (Fsp3) is 0.438. The van der Waals surface area contributed by atoms with Crippen molar-refractivity contribution in [2.45, 2.75) is 44.1 Å². The fourth-order valence-corrected chi connectivity index (χ4v) is 2.97. The molecule has 9 heteroatoms. The summed E-state index contributed by atoms with van der Waals surface area (Å²) in [5.74, 6) is -0.328. The van der Waals surface area contributed by atoms with Gasteiger partial charge in [0.1, 0.15) is 6.54 Å². The number of halogens is 3. The summed E-state index contributed by atoms with van der Waals surface area (Å²) in [4.78, 5) is 12.3. The number of hydrogen-bond donors (Lipinski definition) is 2. The van der Waals surface area contributed by atoms with Crippen LogP contribution in [-0.2, 0) is 29.6 Å². The minimum atomic E-state index is -4.41. The average Bonchev–Trinajstić information content (AvgIpc) is 2.98. The standard InChI is InChI=1S/C16H18F3N5O/c17-16(18,19)12-4-1-3-11(7-12)15(5-2-6-15)21-14(25)10-24-9-13(8-20)22-23-24/h1,3-4,7,9H,2,5-6,8,10,20H2,(H,21,25). The van der Waals surface area contributed by atoms with Crippen LogP contribution in [0.2, 0.25) is 0 Å². The summed E-state index contributed by atoms with van der Waals surface area (Å²) in [7, 11) is 0. The number of hydrogen-bond acceptors (Lipinski definition) is 4. The van der Waals surface area contributed by atoms with Crippen LogP contribution in [0.4, 0.5) is 13.2 Å². The van der Waals surface area contributed by atoms with Crippen LogP contribution < -0.4 is 11.1 Å². The summed E-state index contributed by atoms with van der Waals surface area (Å²) >= 11 is 0. The maximum atomic E-state index is 12.9. The van der Waals surface area contributed by atoms with Crippen molar-refractivity contribution < 1.29 is 18.0 Å². The Morgan fingerprint density at radius 3 is 2.68 bits per heavy atom. The molecule has 0 bridgehead atoms. The molecule has 1 aliphatic rings. The molecule has 0 saturated heterocycles. The molecule has 1 heterocycles.